The zero-order valence-electron chi connectivity index (χ0n) is 9.94. The fraction of sp³-hybridized carbons (Fsp3) is 0.500. The summed E-state index contributed by atoms with van der Waals surface area (Å²) in [7, 11) is -4.04. The largest absolute Gasteiger partial charge is 0.741 e. The Morgan fingerprint density at radius 2 is 1.89 bits per heavy atom. The monoisotopic (exact) mass is 285 g/mol. The second kappa shape index (κ2) is 6.69. The van der Waals surface area contributed by atoms with Crippen LogP contribution in [0.15, 0.2) is 24.5 Å². The minimum atomic E-state index is -6.09. The first-order valence-electron chi connectivity index (χ1n) is 5.04. The molecule has 0 spiro atoms. The molecule has 0 amide bonds. The van der Waals surface area contributed by atoms with Gasteiger partial charge in [0.15, 0.2) is 22.5 Å². The van der Waals surface area contributed by atoms with Crippen molar-refractivity contribution in [2.75, 3.05) is 0 Å². The molecule has 0 aliphatic rings. The average Bonchev–Trinajstić information content (AvgIpc) is 2.15. The number of alkyl halides is 3. The van der Waals surface area contributed by atoms with Gasteiger partial charge in [0.25, 0.3) is 0 Å². The maximum atomic E-state index is 10.7. The molecule has 1 heterocycles. The maximum Gasteiger partial charge on any atom is 0.485 e. The minimum absolute atomic E-state index is 1.19. The third kappa shape index (κ3) is 6.55. The van der Waals surface area contributed by atoms with Crippen molar-refractivity contribution < 1.29 is 30.7 Å². The van der Waals surface area contributed by atoms with Gasteiger partial charge in [-0.25, -0.2) is 13.0 Å². The van der Waals surface area contributed by atoms with Gasteiger partial charge in [0.05, 0.1) is 0 Å². The van der Waals surface area contributed by atoms with E-state index in [1.807, 2.05) is 0 Å². The predicted molar refractivity (Wildman–Crippen MR) is 57.4 cm³/mol. The van der Waals surface area contributed by atoms with Gasteiger partial charge in [-0.05, 0) is 12.5 Å². The van der Waals surface area contributed by atoms with Crippen LogP contribution in [0.4, 0.5) is 13.2 Å². The first-order chi connectivity index (χ1) is 8.08. The summed E-state index contributed by atoms with van der Waals surface area (Å²) in [5.41, 5.74) is -4.22. The molecule has 1 aromatic heterocycles. The topological polar surface area (TPSA) is 61.1 Å². The Balaban J connectivity index is 0.000000331. The SMILES string of the molecule is CCCc1ccc[n+](C)c1.O=S(=O)([O-])C(F)(F)F. The smallest absolute Gasteiger partial charge is 0.485 e. The van der Waals surface area contributed by atoms with E-state index in [0.29, 0.717) is 0 Å². The van der Waals surface area contributed by atoms with Crippen molar-refractivity contribution in [1.29, 1.82) is 0 Å². The van der Waals surface area contributed by atoms with Gasteiger partial charge in [0, 0.05) is 11.6 Å². The van der Waals surface area contributed by atoms with Gasteiger partial charge >= 0.3 is 5.51 Å². The van der Waals surface area contributed by atoms with Gasteiger partial charge in [0.2, 0.25) is 0 Å². The van der Waals surface area contributed by atoms with Crippen LogP contribution < -0.4 is 4.57 Å². The van der Waals surface area contributed by atoms with Gasteiger partial charge in [-0.3, -0.25) is 0 Å². The molecule has 0 aromatic carbocycles. The molecule has 0 radical (unpaired) electrons. The Morgan fingerprint density at radius 1 is 1.39 bits per heavy atom. The highest BCUT2D eigenvalue weighted by atomic mass is 32.2. The molecule has 0 saturated heterocycles. The summed E-state index contributed by atoms with van der Waals surface area (Å²) in [4.78, 5) is 0. The highest BCUT2D eigenvalue weighted by Gasteiger charge is 2.36. The molecule has 0 saturated carbocycles. The number of rotatable bonds is 2. The van der Waals surface area contributed by atoms with Crippen LogP contribution in [0.5, 0.6) is 0 Å². The molecule has 0 fully saturated rings. The molecule has 104 valence electrons. The van der Waals surface area contributed by atoms with Crippen LogP contribution in [0.2, 0.25) is 0 Å². The predicted octanol–water partition coefficient (Wildman–Crippen LogP) is 1.52. The van der Waals surface area contributed by atoms with Crippen LogP contribution in [0.3, 0.4) is 0 Å². The van der Waals surface area contributed by atoms with Gasteiger partial charge in [-0.1, -0.05) is 13.3 Å². The van der Waals surface area contributed by atoms with E-state index in [1.165, 1.54) is 18.4 Å². The van der Waals surface area contributed by atoms with Gasteiger partial charge in [-0.15, -0.1) is 0 Å². The van der Waals surface area contributed by atoms with Crippen molar-refractivity contribution >= 4 is 10.1 Å². The van der Waals surface area contributed by atoms with Crippen molar-refractivity contribution in [2.45, 2.75) is 25.3 Å². The summed E-state index contributed by atoms with van der Waals surface area (Å²) in [5, 5.41) is 0. The molecular formula is C10H14F3NO3S. The van der Waals surface area contributed by atoms with Crippen molar-refractivity contribution in [1.82, 2.24) is 0 Å². The molecule has 8 heteroatoms. The molecule has 4 nitrogen and oxygen atoms in total. The molecule has 0 bridgehead atoms. The molecule has 1 rings (SSSR count). The Kier molecular flexibility index (Phi) is 6.27. The Hall–Kier alpha value is -1.15. The lowest BCUT2D eigenvalue weighted by Crippen LogP contribution is -2.26. The molecule has 0 aliphatic heterocycles. The number of halogens is 3. The van der Waals surface area contributed by atoms with Crippen molar-refractivity contribution in [3.8, 4) is 0 Å². The van der Waals surface area contributed by atoms with Crippen LogP contribution in [0.1, 0.15) is 18.9 Å². The quantitative estimate of drug-likeness (QED) is 0.470. The first kappa shape index (κ1) is 16.9. The van der Waals surface area contributed by atoms with Crippen LogP contribution in [0.25, 0.3) is 0 Å². The Bertz CT molecular complexity index is 472. The van der Waals surface area contributed by atoms with Crippen molar-refractivity contribution in [3.63, 3.8) is 0 Å². The maximum absolute atomic E-state index is 10.7. The first-order valence-corrected chi connectivity index (χ1v) is 6.45. The third-order valence-corrected chi connectivity index (χ3v) is 2.39. The van der Waals surface area contributed by atoms with Gasteiger partial charge in [-0.2, -0.15) is 13.2 Å². The lowest BCUT2D eigenvalue weighted by molar-refractivity contribution is -0.671. The van der Waals surface area contributed by atoms with E-state index in [2.05, 4.69) is 43.1 Å². The number of nitrogens with zero attached hydrogens (tertiary/aromatic N) is 1. The lowest BCUT2D eigenvalue weighted by atomic mass is 10.2. The molecule has 0 aliphatic carbocycles. The van der Waals surface area contributed by atoms with E-state index >= 15 is 0 Å². The number of hydrogen-bond acceptors (Lipinski definition) is 3. The van der Waals surface area contributed by atoms with Crippen molar-refractivity contribution in [3.05, 3.63) is 30.1 Å². The highest BCUT2D eigenvalue weighted by Crippen LogP contribution is 2.20. The molecule has 0 unspecified atom stereocenters. The molecule has 1 aromatic rings. The average molecular weight is 285 g/mol. The Labute approximate surface area is 104 Å². The molecule has 0 atom stereocenters. The summed E-state index contributed by atoms with van der Waals surface area (Å²) in [6.07, 6.45) is 6.64. The highest BCUT2D eigenvalue weighted by molar-refractivity contribution is 7.86. The van der Waals surface area contributed by atoms with E-state index in [-0.39, 0.29) is 0 Å². The standard InChI is InChI=1S/C9H14N.CHF3O3S/c1-3-5-9-6-4-7-10(2)8-9;2-1(3,4)8(5,6)7/h4,6-8H,3,5H2,1-2H3;(H,5,6,7)/q+1;/p-1. The number of pyridine rings is 1. The number of hydrogen-bond donors (Lipinski definition) is 0. The molecular weight excluding hydrogens is 271 g/mol. The lowest BCUT2D eigenvalue weighted by Gasteiger charge is -2.08. The summed E-state index contributed by atoms with van der Waals surface area (Å²) in [5.74, 6) is 0. The van der Waals surface area contributed by atoms with Gasteiger partial charge < -0.3 is 4.55 Å². The summed E-state index contributed by atoms with van der Waals surface area (Å²) < 4.78 is 61.0. The van der Waals surface area contributed by atoms with E-state index in [0.717, 1.165) is 0 Å². The number of aromatic nitrogens is 1. The summed E-state index contributed by atoms with van der Waals surface area (Å²) in [6, 6.07) is 4.26. The molecule has 18 heavy (non-hydrogen) atoms. The second-order valence-corrected chi connectivity index (χ2v) is 4.90. The van der Waals surface area contributed by atoms with Crippen LogP contribution >= 0.6 is 0 Å². The Morgan fingerprint density at radius 3 is 2.22 bits per heavy atom. The third-order valence-electron chi connectivity index (χ3n) is 1.82. The van der Waals surface area contributed by atoms with E-state index in [4.69, 9.17) is 13.0 Å². The van der Waals surface area contributed by atoms with Gasteiger partial charge in [0.1, 0.15) is 7.05 Å². The minimum Gasteiger partial charge on any atom is -0.741 e. The second-order valence-electron chi connectivity index (χ2n) is 3.53. The van der Waals surface area contributed by atoms with Crippen molar-refractivity contribution in [2.24, 2.45) is 7.05 Å². The number of aryl methyl sites for hydroxylation is 2. The summed E-state index contributed by atoms with van der Waals surface area (Å²) in [6.45, 7) is 2.20. The van der Waals surface area contributed by atoms with E-state index < -0.39 is 15.6 Å². The van der Waals surface area contributed by atoms with Crippen LogP contribution in [0, 0.1) is 0 Å². The fourth-order valence-corrected chi connectivity index (χ4v) is 1.09. The van der Waals surface area contributed by atoms with Crippen LogP contribution in [-0.2, 0) is 23.6 Å². The summed E-state index contributed by atoms with van der Waals surface area (Å²) >= 11 is 0. The van der Waals surface area contributed by atoms with Crippen LogP contribution in [-0.4, -0.2) is 18.5 Å². The zero-order valence-corrected chi connectivity index (χ0v) is 10.8. The van der Waals surface area contributed by atoms with E-state index in [9.17, 15) is 13.2 Å². The fourth-order valence-electron chi connectivity index (χ4n) is 1.09. The van der Waals surface area contributed by atoms with E-state index in [1.54, 1.807) is 0 Å². The molecule has 0 N–H and O–H groups in total. The normalized spacial score (nSPS) is 11.7. The zero-order chi connectivity index (χ0) is 14.4.